The minimum absolute atomic E-state index is 0.0408. The van der Waals surface area contributed by atoms with Crippen LogP contribution in [0.4, 0.5) is 5.13 Å². The van der Waals surface area contributed by atoms with Crippen LogP contribution >= 0.6 is 34.5 Å². The Morgan fingerprint density at radius 3 is 2.75 bits per heavy atom. The number of rotatable bonds is 7. The number of ether oxygens (including phenoxy) is 2. The highest BCUT2D eigenvalue weighted by Crippen LogP contribution is 2.23. The number of nitrogens with zero attached hydrogens (tertiary/aromatic N) is 2. The molecule has 0 fully saturated rings. The van der Waals surface area contributed by atoms with Crippen LogP contribution in [0, 0.1) is 0 Å². The molecular formula is C17H13Cl2N3O5S. The van der Waals surface area contributed by atoms with Crippen molar-refractivity contribution in [3.05, 3.63) is 67.1 Å². The average molecular weight is 442 g/mol. The van der Waals surface area contributed by atoms with E-state index in [-0.39, 0.29) is 29.9 Å². The number of carbonyl (C=O) groups excluding carboxylic acids is 1. The fourth-order valence-electron chi connectivity index (χ4n) is 2.06. The van der Waals surface area contributed by atoms with Crippen molar-refractivity contribution >= 4 is 45.6 Å². The molecule has 0 aliphatic heterocycles. The van der Waals surface area contributed by atoms with Gasteiger partial charge in [0.2, 0.25) is 16.3 Å². The predicted molar refractivity (Wildman–Crippen MR) is 104 cm³/mol. The van der Waals surface area contributed by atoms with E-state index in [1.807, 2.05) is 0 Å². The lowest BCUT2D eigenvalue weighted by molar-refractivity contribution is 0.0993. The molecule has 0 saturated heterocycles. The summed E-state index contributed by atoms with van der Waals surface area (Å²) in [5, 5.41) is 11.8. The Kier molecular flexibility index (Phi) is 6.63. The minimum Gasteiger partial charge on any atom is -0.482 e. The van der Waals surface area contributed by atoms with E-state index < -0.39 is 11.3 Å². The lowest BCUT2D eigenvalue weighted by Crippen LogP contribution is -2.15. The number of anilines is 1. The van der Waals surface area contributed by atoms with Crippen LogP contribution < -0.4 is 15.5 Å². The molecular weight excluding hydrogens is 429 g/mol. The van der Waals surface area contributed by atoms with Crippen molar-refractivity contribution in [2.45, 2.75) is 13.2 Å². The molecule has 0 unspecified atom stereocenters. The van der Waals surface area contributed by atoms with Crippen LogP contribution in [-0.2, 0) is 18.0 Å². The lowest BCUT2D eigenvalue weighted by Gasteiger charge is -2.07. The van der Waals surface area contributed by atoms with E-state index >= 15 is 0 Å². The van der Waals surface area contributed by atoms with Gasteiger partial charge in [0.15, 0.2) is 5.76 Å². The fraction of sp³-hybridized carbons (Fsp3) is 0.176. The third-order valence-electron chi connectivity index (χ3n) is 3.36. The largest absolute Gasteiger partial charge is 0.482 e. The maximum atomic E-state index is 12.2. The van der Waals surface area contributed by atoms with Crippen LogP contribution in [0.5, 0.6) is 5.75 Å². The Hall–Kier alpha value is -2.46. The molecule has 0 radical (unpaired) electrons. The third-order valence-corrected chi connectivity index (χ3v) is 4.91. The molecule has 0 atom stereocenters. The summed E-state index contributed by atoms with van der Waals surface area (Å²) in [6.07, 6.45) is 1.07. The molecule has 28 heavy (non-hydrogen) atoms. The first kappa shape index (κ1) is 20.3. The van der Waals surface area contributed by atoms with E-state index in [2.05, 4.69) is 15.5 Å². The van der Waals surface area contributed by atoms with E-state index in [1.165, 1.54) is 7.11 Å². The van der Waals surface area contributed by atoms with Gasteiger partial charge in [-0.3, -0.25) is 14.9 Å². The van der Waals surface area contributed by atoms with Crippen molar-refractivity contribution in [2.24, 2.45) is 0 Å². The van der Waals surface area contributed by atoms with Gasteiger partial charge in [0, 0.05) is 13.2 Å². The summed E-state index contributed by atoms with van der Waals surface area (Å²) >= 11 is 12.9. The summed E-state index contributed by atoms with van der Waals surface area (Å²) in [4.78, 5) is 24.4. The van der Waals surface area contributed by atoms with Gasteiger partial charge in [-0.2, -0.15) is 0 Å². The average Bonchev–Trinajstić information content (AvgIpc) is 3.10. The molecule has 3 aromatic rings. The van der Waals surface area contributed by atoms with E-state index in [4.69, 9.17) is 37.1 Å². The molecule has 11 heteroatoms. The van der Waals surface area contributed by atoms with Crippen molar-refractivity contribution in [2.75, 3.05) is 12.4 Å². The first-order valence-electron chi connectivity index (χ1n) is 7.78. The van der Waals surface area contributed by atoms with Crippen LogP contribution in [0.1, 0.15) is 21.1 Å². The quantitative estimate of drug-likeness (QED) is 0.594. The molecule has 0 saturated carbocycles. The Morgan fingerprint density at radius 2 is 2.04 bits per heavy atom. The number of halogens is 2. The van der Waals surface area contributed by atoms with Crippen molar-refractivity contribution < 1.29 is 18.7 Å². The number of methoxy groups -OCH3 is 1. The standard InChI is InChI=1S/C17H13Cl2N3O5S/c1-25-8-15-21-22-17(28-15)20-16(24)13-5-12(23)14(7-27-13)26-6-9-2-3-10(18)11(19)4-9/h2-5,7H,6,8H2,1H3,(H,20,22,24). The Bertz CT molecular complexity index is 1050. The number of nitrogens with one attached hydrogen (secondary N) is 1. The van der Waals surface area contributed by atoms with Crippen molar-refractivity contribution in [3.63, 3.8) is 0 Å². The monoisotopic (exact) mass is 441 g/mol. The van der Waals surface area contributed by atoms with Gasteiger partial charge in [0.05, 0.1) is 10.0 Å². The van der Waals surface area contributed by atoms with E-state index in [0.717, 1.165) is 29.2 Å². The van der Waals surface area contributed by atoms with Gasteiger partial charge in [-0.25, -0.2) is 0 Å². The molecule has 146 valence electrons. The van der Waals surface area contributed by atoms with E-state index in [9.17, 15) is 9.59 Å². The summed E-state index contributed by atoms with van der Waals surface area (Å²) in [5.74, 6) is -0.857. The van der Waals surface area contributed by atoms with E-state index in [0.29, 0.717) is 15.1 Å². The van der Waals surface area contributed by atoms with Gasteiger partial charge in [-0.1, -0.05) is 40.6 Å². The zero-order valence-corrected chi connectivity index (χ0v) is 16.7. The topological polar surface area (TPSA) is 104 Å². The van der Waals surface area contributed by atoms with Crippen LogP contribution in [0.3, 0.4) is 0 Å². The number of hydrogen-bond acceptors (Lipinski definition) is 8. The van der Waals surface area contributed by atoms with Crippen LogP contribution in [-0.4, -0.2) is 23.2 Å². The molecule has 0 bridgehead atoms. The molecule has 1 N–H and O–H groups in total. The van der Waals surface area contributed by atoms with Gasteiger partial charge in [0.25, 0.3) is 5.91 Å². The second kappa shape index (κ2) is 9.16. The summed E-state index contributed by atoms with van der Waals surface area (Å²) in [7, 11) is 1.53. The van der Waals surface area contributed by atoms with Crippen molar-refractivity contribution in [1.82, 2.24) is 10.2 Å². The maximum absolute atomic E-state index is 12.2. The molecule has 1 amide bonds. The predicted octanol–water partition coefficient (Wildman–Crippen LogP) is 3.78. The summed E-state index contributed by atoms with van der Waals surface area (Å²) in [5.41, 5.74) is 0.215. The first-order valence-corrected chi connectivity index (χ1v) is 9.35. The Morgan fingerprint density at radius 1 is 1.21 bits per heavy atom. The molecule has 3 rings (SSSR count). The highest BCUT2D eigenvalue weighted by Gasteiger charge is 2.15. The minimum atomic E-state index is -0.631. The molecule has 2 aromatic heterocycles. The second-order valence-electron chi connectivity index (χ2n) is 5.40. The molecule has 0 aliphatic rings. The van der Waals surface area contributed by atoms with E-state index in [1.54, 1.807) is 18.2 Å². The molecule has 2 heterocycles. The zero-order valence-electron chi connectivity index (χ0n) is 14.4. The SMILES string of the molecule is COCc1nnc(NC(=O)c2cc(=O)c(OCc3ccc(Cl)c(Cl)c3)co2)s1. The molecule has 1 aromatic carbocycles. The Labute approximate surface area is 173 Å². The fourth-order valence-corrected chi connectivity index (χ4v) is 3.09. The van der Waals surface area contributed by atoms with Gasteiger partial charge >= 0.3 is 0 Å². The van der Waals surface area contributed by atoms with Gasteiger partial charge in [0.1, 0.15) is 24.5 Å². The molecule has 0 aliphatic carbocycles. The first-order chi connectivity index (χ1) is 13.5. The van der Waals surface area contributed by atoms with Gasteiger partial charge in [-0.05, 0) is 17.7 Å². The lowest BCUT2D eigenvalue weighted by atomic mass is 10.2. The number of carbonyl (C=O) groups is 1. The summed E-state index contributed by atoms with van der Waals surface area (Å²) in [6.45, 7) is 0.369. The highest BCUT2D eigenvalue weighted by atomic mass is 35.5. The van der Waals surface area contributed by atoms with Crippen molar-refractivity contribution in [1.29, 1.82) is 0 Å². The summed E-state index contributed by atoms with van der Waals surface area (Å²) < 4.78 is 15.6. The summed E-state index contributed by atoms with van der Waals surface area (Å²) in [6, 6.07) is 6.02. The third kappa shape index (κ3) is 5.08. The number of benzene rings is 1. The molecule has 0 spiro atoms. The van der Waals surface area contributed by atoms with Crippen LogP contribution in [0.25, 0.3) is 0 Å². The molecule has 8 nitrogen and oxygen atoms in total. The zero-order chi connectivity index (χ0) is 20.1. The second-order valence-corrected chi connectivity index (χ2v) is 7.27. The van der Waals surface area contributed by atoms with Gasteiger partial charge in [-0.15, -0.1) is 10.2 Å². The number of aromatic nitrogens is 2. The van der Waals surface area contributed by atoms with Crippen LogP contribution in [0.15, 0.2) is 39.7 Å². The maximum Gasteiger partial charge on any atom is 0.293 e. The van der Waals surface area contributed by atoms with Crippen molar-refractivity contribution in [3.8, 4) is 5.75 Å². The highest BCUT2D eigenvalue weighted by molar-refractivity contribution is 7.15. The van der Waals surface area contributed by atoms with Crippen LogP contribution in [0.2, 0.25) is 10.0 Å². The Balaban J connectivity index is 1.64. The normalized spacial score (nSPS) is 10.7. The number of amides is 1. The van der Waals surface area contributed by atoms with Gasteiger partial charge < -0.3 is 13.9 Å². The number of hydrogen-bond donors (Lipinski definition) is 1. The smallest absolute Gasteiger partial charge is 0.293 e.